The molecule has 3 saturated carbocycles. The fraction of sp³-hybridized carbons (Fsp3) is 0.818. The van der Waals surface area contributed by atoms with E-state index in [9.17, 15) is 5.11 Å². The van der Waals surface area contributed by atoms with Crippen molar-refractivity contribution in [3.63, 3.8) is 0 Å². The van der Waals surface area contributed by atoms with Crippen molar-refractivity contribution in [3.05, 3.63) is 23.8 Å². The summed E-state index contributed by atoms with van der Waals surface area (Å²) >= 11 is 0. The molecule has 23 heavy (non-hydrogen) atoms. The molecule has 4 aliphatic rings. The zero-order valence-corrected chi connectivity index (χ0v) is 15.5. The third kappa shape index (κ3) is 1.84. The second kappa shape index (κ2) is 4.75. The number of hydrogen-bond donors (Lipinski definition) is 1. The monoisotopic (exact) mass is 314 g/mol. The van der Waals surface area contributed by atoms with Crippen molar-refractivity contribution < 1.29 is 5.11 Å². The number of aliphatic hydroxyl groups is 1. The topological polar surface area (TPSA) is 20.2 Å². The Balaban J connectivity index is 1.83. The van der Waals surface area contributed by atoms with Crippen LogP contribution in [-0.2, 0) is 0 Å². The zero-order chi connectivity index (χ0) is 16.6. The van der Waals surface area contributed by atoms with Gasteiger partial charge in [0.15, 0.2) is 0 Å². The number of rotatable bonds is 2. The van der Waals surface area contributed by atoms with E-state index in [0.29, 0.717) is 34.7 Å². The maximum atomic E-state index is 9.69. The zero-order valence-electron chi connectivity index (χ0n) is 15.5. The van der Waals surface area contributed by atoms with Gasteiger partial charge in [-0.2, -0.15) is 0 Å². The van der Waals surface area contributed by atoms with Crippen molar-refractivity contribution in [1.82, 2.24) is 0 Å². The standard InChI is InChI=1S/C22H34O/c1-14-12-17-16(8-11-23)13-22(9-6-7-10-22)15(2)21(17,5)19-18(14)20(19,3)4/h12,15-16,18-19,23H,1,6-11,13H2,2-5H3. The van der Waals surface area contributed by atoms with Crippen molar-refractivity contribution in [2.24, 2.45) is 39.9 Å². The van der Waals surface area contributed by atoms with Gasteiger partial charge in [0.05, 0.1) is 0 Å². The van der Waals surface area contributed by atoms with Crippen LogP contribution in [0, 0.1) is 39.9 Å². The van der Waals surface area contributed by atoms with Crippen LogP contribution in [0.4, 0.5) is 0 Å². The molecule has 0 amide bonds. The molecule has 5 unspecified atom stereocenters. The molecule has 4 rings (SSSR count). The van der Waals surface area contributed by atoms with Gasteiger partial charge in [0.25, 0.3) is 0 Å². The molecule has 1 nitrogen and oxygen atoms in total. The maximum Gasteiger partial charge on any atom is 0.0436 e. The van der Waals surface area contributed by atoms with E-state index in [1.807, 2.05) is 0 Å². The summed E-state index contributed by atoms with van der Waals surface area (Å²) in [6, 6.07) is 0. The molecular weight excluding hydrogens is 280 g/mol. The number of allylic oxidation sites excluding steroid dienone is 3. The number of aliphatic hydroxyl groups excluding tert-OH is 1. The highest BCUT2D eigenvalue weighted by molar-refractivity contribution is 5.46. The molecule has 0 aromatic heterocycles. The molecule has 0 saturated heterocycles. The van der Waals surface area contributed by atoms with Crippen LogP contribution >= 0.6 is 0 Å². The van der Waals surface area contributed by atoms with Crippen molar-refractivity contribution in [2.45, 2.75) is 66.2 Å². The Morgan fingerprint density at radius 1 is 1.22 bits per heavy atom. The molecule has 4 aliphatic carbocycles. The van der Waals surface area contributed by atoms with Gasteiger partial charge in [-0.3, -0.25) is 0 Å². The van der Waals surface area contributed by atoms with Crippen LogP contribution < -0.4 is 0 Å². The van der Waals surface area contributed by atoms with Gasteiger partial charge in [-0.15, -0.1) is 0 Å². The first-order chi connectivity index (χ1) is 10.8. The molecule has 1 N–H and O–H groups in total. The lowest BCUT2D eigenvalue weighted by molar-refractivity contribution is -0.0172. The minimum Gasteiger partial charge on any atom is -0.396 e. The Morgan fingerprint density at radius 2 is 1.87 bits per heavy atom. The van der Waals surface area contributed by atoms with Gasteiger partial charge < -0.3 is 5.11 Å². The summed E-state index contributed by atoms with van der Waals surface area (Å²) in [5.74, 6) is 2.79. The molecule has 1 heteroatoms. The minimum absolute atomic E-state index is 0.317. The lowest BCUT2D eigenvalue weighted by Gasteiger charge is -2.57. The Bertz CT molecular complexity index is 563. The average molecular weight is 315 g/mol. The van der Waals surface area contributed by atoms with Crippen LogP contribution in [-0.4, -0.2) is 11.7 Å². The molecule has 0 heterocycles. The van der Waals surface area contributed by atoms with Gasteiger partial charge in [0.2, 0.25) is 0 Å². The predicted octanol–water partition coefficient (Wildman–Crippen LogP) is 5.36. The van der Waals surface area contributed by atoms with E-state index in [1.165, 1.54) is 37.7 Å². The molecular formula is C22H34O. The van der Waals surface area contributed by atoms with Crippen molar-refractivity contribution in [1.29, 1.82) is 0 Å². The summed E-state index contributed by atoms with van der Waals surface area (Å²) in [6.07, 6.45) is 10.4. The van der Waals surface area contributed by atoms with Crippen LogP contribution in [0.2, 0.25) is 0 Å². The smallest absolute Gasteiger partial charge is 0.0436 e. The normalized spacial score (nSPS) is 46.3. The third-order valence-electron chi connectivity index (χ3n) is 8.82. The molecule has 0 bridgehead atoms. The fourth-order valence-corrected chi connectivity index (χ4v) is 7.69. The van der Waals surface area contributed by atoms with Gasteiger partial charge in [-0.05, 0) is 65.6 Å². The van der Waals surface area contributed by atoms with E-state index in [0.717, 1.165) is 18.3 Å². The highest BCUT2D eigenvalue weighted by Crippen LogP contribution is 2.78. The summed E-state index contributed by atoms with van der Waals surface area (Å²) in [5.41, 5.74) is 4.27. The molecule has 5 atom stereocenters. The largest absolute Gasteiger partial charge is 0.396 e. The molecule has 0 aromatic rings. The lowest BCUT2D eigenvalue weighted by Crippen LogP contribution is -2.50. The van der Waals surface area contributed by atoms with E-state index in [2.05, 4.69) is 40.3 Å². The molecule has 3 fully saturated rings. The van der Waals surface area contributed by atoms with Crippen LogP contribution in [0.5, 0.6) is 0 Å². The number of fused-ring (bicyclic) bond motifs is 3. The Morgan fingerprint density at radius 3 is 2.48 bits per heavy atom. The van der Waals surface area contributed by atoms with E-state index in [1.54, 1.807) is 5.57 Å². The Labute approximate surface area is 142 Å². The Kier molecular flexibility index (Phi) is 3.29. The minimum atomic E-state index is 0.317. The maximum absolute atomic E-state index is 9.69. The highest BCUT2D eigenvalue weighted by Gasteiger charge is 2.72. The predicted molar refractivity (Wildman–Crippen MR) is 96.0 cm³/mol. The molecule has 0 aliphatic heterocycles. The first kappa shape index (κ1) is 15.9. The lowest BCUT2D eigenvalue weighted by atomic mass is 9.47. The molecule has 0 radical (unpaired) electrons. The summed E-state index contributed by atoms with van der Waals surface area (Å²) in [7, 11) is 0. The van der Waals surface area contributed by atoms with E-state index in [-0.39, 0.29) is 0 Å². The quantitative estimate of drug-likeness (QED) is 0.727. The van der Waals surface area contributed by atoms with Crippen molar-refractivity contribution in [3.8, 4) is 0 Å². The van der Waals surface area contributed by atoms with Crippen LogP contribution in [0.1, 0.15) is 66.2 Å². The Hall–Kier alpha value is -0.560. The summed E-state index contributed by atoms with van der Waals surface area (Å²) in [5, 5.41) is 9.69. The fourth-order valence-electron chi connectivity index (χ4n) is 7.69. The van der Waals surface area contributed by atoms with Gasteiger partial charge in [-0.25, -0.2) is 0 Å². The highest BCUT2D eigenvalue weighted by atomic mass is 16.3. The van der Waals surface area contributed by atoms with Gasteiger partial charge in [-0.1, -0.05) is 64.3 Å². The first-order valence-electron chi connectivity index (χ1n) is 9.81. The van der Waals surface area contributed by atoms with Crippen LogP contribution in [0.15, 0.2) is 23.8 Å². The SMILES string of the molecule is C=C1C=C2C(CCO)CC3(CCCC3)C(C)C2(C)C2C1C2(C)C. The summed E-state index contributed by atoms with van der Waals surface area (Å²) < 4.78 is 0. The average Bonchev–Trinajstić information content (AvgIpc) is 2.86. The first-order valence-corrected chi connectivity index (χ1v) is 9.81. The van der Waals surface area contributed by atoms with E-state index in [4.69, 9.17) is 0 Å². The van der Waals surface area contributed by atoms with E-state index < -0.39 is 0 Å². The van der Waals surface area contributed by atoms with Gasteiger partial charge in [0, 0.05) is 6.61 Å². The molecule has 128 valence electrons. The van der Waals surface area contributed by atoms with Crippen molar-refractivity contribution in [2.75, 3.05) is 6.61 Å². The summed E-state index contributed by atoms with van der Waals surface area (Å²) in [6.45, 7) is 14.8. The van der Waals surface area contributed by atoms with Gasteiger partial charge >= 0.3 is 0 Å². The second-order valence-electron chi connectivity index (χ2n) is 9.94. The van der Waals surface area contributed by atoms with E-state index >= 15 is 0 Å². The molecule has 0 aromatic carbocycles. The van der Waals surface area contributed by atoms with Crippen LogP contribution in [0.25, 0.3) is 0 Å². The molecule has 1 spiro atoms. The van der Waals surface area contributed by atoms with Gasteiger partial charge in [0.1, 0.15) is 0 Å². The number of hydrogen-bond acceptors (Lipinski definition) is 1. The summed E-state index contributed by atoms with van der Waals surface area (Å²) in [4.78, 5) is 0. The van der Waals surface area contributed by atoms with Crippen LogP contribution in [0.3, 0.4) is 0 Å². The van der Waals surface area contributed by atoms with Crippen molar-refractivity contribution >= 4 is 0 Å². The third-order valence-corrected chi connectivity index (χ3v) is 8.82. The second-order valence-corrected chi connectivity index (χ2v) is 9.94.